The molecule has 1 aromatic heterocycles. The molecule has 0 fully saturated rings. The highest BCUT2D eigenvalue weighted by Crippen LogP contribution is 2.26. The summed E-state index contributed by atoms with van der Waals surface area (Å²) in [5, 5.41) is 18.1. The number of aromatic amines is 1. The van der Waals surface area contributed by atoms with Gasteiger partial charge in [0.25, 0.3) is 0 Å². The summed E-state index contributed by atoms with van der Waals surface area (Å²) in [5.74, 6) is 1.64. The molecule has 2 rings (SSSR count). The Morgan fingerprint density at radius 3 is 2.95 bits per heavy atom. The van der Waals surface area contributed by atoms with Crippen LogP contribution in [0, 0.1) is 17.0 Å². The molecule has 0 aliphatic carbocycles. The molecule has 1 heterocycles. The molecular formula is C11H12N4O3S. The van der Waals surface area contributed by atoms with Crippen LogP contribution >= 0.6 is 11.8 Å². The van der Waals surface area contributed by atoms with Gasteiger partial charge >= 0.3 is 5.69 Å². The number of benzene rings is 1. The highest BCUT2D eigenvalue weighted by molar-refractivity contribution is 7.99. The number of nitro benzene ring substituents is 1. The first kappa shape index (κ1) is 13.3. The number of H-pyrrole nitrogens is 1. The van der Waals surface area contributed by atoms with Crippen LogP contribution in [-0.4, -0.2) is 32.5 Å². The van der Waals surface area contributed by atoms with Crippen LogP contribution in [0.5, 0.6) is 5.75 Å². The number of aromatic nitrogens is 3. The number of hydrogen-bond acceptors (Lipinski definition) is 6. The summed E-state index contributed by atoms with van der Waals surface area (Å²) in [7, 11) is 0. The van der Waals surface area contributed by atoms with Crippen molar-refractivity contribution in [1.29, 1.82) is 0 Å². The molecule has 2 aromatic rings. The highest BCUT2D eigenvalue weighted by Gasteiger charge is 2.13. The normalized spacial score (nSPS) is 10.4. The molecule has 0 atom stereocenters. The lowest BCUT2D eigenvalue weighted by atomic mass is 10.3. The molecule has 0 saturated carbocycles. The van der Waals surface area contributed by atoms with E-state index in [1.54, 1.807) is 18.2 Å². The maximum atomic E-state index is 10.8. The standard InChI is InChI=1S/C11H12N4O3S/c1-8-12-11(14-13-8)19-7-6-18-10-5-3-2-4-9(10)15(16)17/h2-5H,6-7H2,1H3,(H,12,13,14). The molecule has 100 valence electrons. The van der Waals surface area contributed by atoms with Crippen LogP contribution in [0.15, 0.2) is 29.4 Å². The second-order valence-electron chi connectivity index (χ2n) is 3.63. The van der Waals surface area contributed by atoms with Crippen molar-refractivity contribution in [1.82, 2.24) is 15.2 Å². The maximum Gasteiger partial charge on any atom is 0.310 e. The zero-order valence-electron chi connectivity index (χ0n) is 10.2. The van der Waals surface area contributed by atoms with Gasteiger partial charge in [-0.25, -0.2) is 4.98 Å². The van der Waals surface area contributed by atoms with E-state index < -0.39 is 4.92 Å². The summed E-state index contributed by atoms with van der Waals surface area (Å²) in [6.45, 7) is 2.17. The molecule has 1 N–H and O–H groups in total. The van der Waals surface area contributed by atoms with Crippen molar-refractivity contribution in [2.45, 2.75) is 12.1 Å². The summed E-state index contributed by atoms with van der Waals surface area (Å²) in [6, 6.07) is 6.31. The van der Waals surface area contributed by atoms with Crippen LogP contribution in [0.1, 0.15) is 5.82 Å². The van der Waals surface area contributed by atoms with Gasteiger partial charge in [0.1, 0.15) is 5.82 Å². The third kappa shape index (κ3) is 3.68. The van der Waals surface area contributed by atoms with Crippen molar-refractivity contribution < 1.29 is 9.66 Å². The van der Waals surface area contributed by atoms with Gasteiger partial charge in [0.05, 0.1) is 11.5 Å². The molecule has 0 saturated heterocycles. The quantitative estimate of drug-likeness (QED) is 0.377. The van der Waals surface area contributed by atoms with Crippen molar-refractivity contribution in [2.24, 2.45) is 0 Å². The average Bonchev–Trinajstić information content (AvgIpc) is 2.81. The fraction of sp³-hybridized carbons (Fsp3) is 0.273. The van der Waals surface area contributed by atoms with Crippen molar-refractivity contribution in [3.63, 3.8) is 0 Å². The Labute approximate surface area is 113 Å². The summed E-state index contributed by atoms with van der Waals surface area (Å²) in [6.07, 6.45) is 0. The molecule has 7 nitrogen and oxygen atoms in total. The number of thioether (sulfide) groups is 1. The molecule has 1 aromatic carbocycles. The molecule has 19 heavy (non-hydrogen) atoms. The Kier molecular flexibility index (Phi) is 4.35. The monoisotopic (exact) mass is 280 g/mol. The Morgan fingerprint density at radius 2 is 2.26 bits per heavy atom. The Morgan fingerprint density at radius 1 is 1.47 bits per heavy atom. The minimum absolute atomic E-state index is 0.0266. The molecule has 0 spiro atoms. The first-order chi connectivity index (χ1) is 9.16. The van der Waals surface area contributed by atoms with Crippen LogP contribution in [0.3, 0.4) is 0 Å². The van der Waals surface area contributed by atoms with Crippen molar-refractivity contribution in [3.8, 4) is 5.75 Å². The third-order valence-electron chi connectivity index (χ3n) is 2.21. The number of rotatable bonds is 6. The molecule has 0 aliphatic heterocycles. The van der Waals surface area contributed by atoms with E-state index in [2.05, 4.69) is 15.2 Å². The van der Waals surface area contributed by atoms with Gasteiger partial charge in [0.2, 0.25) is 5.16 Å². The zero-order valence-corrected chi connectivity index (χ0v) is 11.0. The summed E-state index contributed by atoms with van der Waals surface area (Å²) in [5.41, 5.74) is -0.0266. The van der Waals surface area contributed by atoms with Gasteiger partial charge in [-0.1, -0.05) is 23.9 Å². The zero-order chi connectivity index (χ0) is 13.7. The summed E-state index contributed by atoms with van der Waals surface area (Å²) < 4.78 is 5.40. The van der Waals surface area contributed by atoms with E-state index in [4.69, 9.17) is 4.74 Å². The minimum atomic E-state index is -0.457. The Balaban J connectivity index is 1.84. The number of aryl methyl sites for hydroxylation is 1. The third-order valence-corrected chi connectivity index (χ3v) is 3.02. The maximum absolute atomic E-state index is 10.8. The molecule has 0 amide bonds. The number of nitro groups is 1. The lowest BCUT2D eigenvalue weighted by molar-refractivity contribution is -0.385. The SMILES string of the molecule is Cc1nc(SCCOc2ccccc2[N+](=O)[O-])n[nH]1. The Hall–Kier alpha value is -2.09. The molecule has 0 aliphatic rings. The highest BCUT2D eigenvalue weighted by atomic mass is 32.2. The number of nitrogens with one attached hydrogen (secondary N) is 1. The lowest BCUT2D eigenvalue weighted by Crippen LogP contribution is -2.02. The van der Waals surface area contributed by atoms with E-state index in [1.807, 2.05) is 6.92 Å². The van der Waals surface area contributed by atoms with E-state index in [9.17, 15) is 10.1 Å². The number of ether oxygens (including phenoxy) is 1. The van der Waals surface area contributed by atoms with Crippen molar-refractivity contribution in [2.75, 3.05) is 12.4 Å². The second kappa shape index (κ2) is 6.19. The minimum Gasteiger partial charge on any atom is -0.486 e. The van der Waals surface area contributed by atoms with Crippen LogP contribution in [0.25, 0.3) is 0 Å². The molecule has 8 heteroatoms. The Bertz CT molecular complexity index is 573. The van der Waals surface area contributed by atoms with Gasteiger partial charge in [0, 0.05) is 11.8 Å². The van der Waals surface area contributed by atoms with Gasteiger partial charge in [-0.15, -0.1) is 5.10 Å². The lowest BCUT2D eigenvalue weighted by Gasteiger charge is -2.05. The van der Waals surface area contributed by atoms with Crippen molar-refractivity contribution in [3.05, 3.63) is 40.2 Å². The number of para-hydroxylation sites is 2. The van der Waals surface area contributed by atoms with Crippen molar-refractivity contribution >= 4 is 17.4 Å². The average molecular weight is 280 g/mol. The van der Waals surface area contributed by atoms with Gasteiger partial charge in [0.15, 0.2) is 5.75 Å². The fourth-order valence-corrected chi connectivity index (χ4v) is 2.06. The van der Waals surface area contributed by atoms with E-state index >= 15 is 0 Å². The molecular weight excluding hydrogens is 268 g/mol. The van der Waals surface area contributed by atoms with Crippen LogP contribution in [0.4, 0.5) is 5.69 Å². The van der Waals surface area contributed by atoms with E-state index in [1.165, 1.54) is 17.8 Å². The molecule has 0 radical (unpaired) electrons. The van der Waals surface area contributed by atoms with Gasteiger partial charge < -0.3 is 4.74 Å². The van der Waals surface area contributed by atoms with Gasteiger partial charge in [-0.3, -0.25) is 15.2 Å². The topological polar surface area (TPSA) is 93.9 Å². The van der Waals surface area contributed by atoms with Crippen LogP contribution in [0.2, 0.25) is 0 Å². The summed E-state index contributed by atoms with van der Waals surface area (Å²) >= 11 is 1.43. The van der Waals surface area contributed by atoms with Gasteiger partial charge in [-0.2, -0.15) is 0 Å². The molecule has 0 unspecified atom stereocenters. The fourth-order valence-electron chi connectivity index (χ4n) is 1.40. The van der Waals surface area contributed by atoms with Gasteiger partial charge in [-0.05, 0) is 13.0 Å². The summed E-state index contributed by atoms with van der Waals surface area (Å²) in [4.78, 5) is 14.5. The van der Waals surface area contributed by atoms with E-state index in [0.717, 1.165) is 5.82 Å². The number of nitrogens with zero attached hydrogens (tertiary/aromatic N) is 3. The largest absolute Gasteiger partial charge is 0.486 e. The van der Waals surface area contributed by atoms with Crippen LogP contribution in [-0.2, 0) is 0 Å². The smallest absolute Gasteiger partial charge is 0.310 e. The first-order valence-corrected chi connectivity index (χ1v) is 6.53. The van der Waals surface area contributed by atoms with E-state index in [-0.39, 0.29) is 11.4 Å². The predicted octanol–water partition coefficient (Wildman–Crippen LogP) is 2.19. The number of hydrogen-bond donors (Lipinski definition) is 1. The second-order valence-corrected chi connectivity index (χ2v) is 4.69. The van der Waals surface area contributed by atoms with E-state index in [0.29, 0.717) is 17.5 Å². The predicted molar refractivity (Wildman–Crippen MR) is 70.4 cm³/mol. The first-order valence-electron chi connectivity index (χ1n) is 5.55. The molecule has 0 bridgehead atoms. The van der Waals surface area contributed by atoms with Crippen LogP contribution < -0.4 is 4.74 Å².